The highest BCUT2D eigenvalue weighted by atomic mass is 19.4. The molecule has 0 fully saturated rings. The molecule has 3 aromatic rings. The molecule has 1 atom stereocenters. The number of carbonyl (C=O) groups is 1. The lowest BCUT2D eigenvalue weighted by atomic mass is 10.1. The number of alkyl halides is 3. The number of oxazole rings is 1. The van der Waals surface area contributed by atoms with Crippen molar-refractivity contribution in [3.05, 3.63) is 65.8 Å². The van der Waals surface area contributed by atoms with Crippen LogP contribution in [0.4, 0.5) is 17.6 Å². The van der Waals surface area contributed by atoms with Crippen molar-refractivity contribution in [3.63, 3.8) is 0 Å². The molecule has 2 aromatic carbocycles. The van der Waals surface area contributed by atoms with Crippen LogP contribution in [-0.2, 0) is 16.0 Å². The average molecular weight is 353 g/mol. The van der Waals surface area contributed by atoms with E-state index in [4.69, 9.17) is 4.42 Å². The molecular weight excluding hydrogens is 342 g/mol. The van der Waals surface area contributed by atoms with Crippen LogP contribution in [0.5, 0.6) is 0 Å². The van der Waals surface area contributed by atoms with Crippen LogP contribution in [0.25, 0.3) is 11.1 Å². The molecule has 0 aliphatic heterocycles. The SMILES string of the molecule is O=C(Cc1cccc(F)c1)O[C@H](c1nc2ccccc2o1)C(F)(F)F. The van der Waals surface area contributed by atoms with Crippen LogP contribution >= 0.6 is 0 Å². The topological polar surface area (TPSA) is 52.3 Å². The van der Waals surface area contributed by atoms with Gasteiger partial charge in [-0.15, -0.1) is 0 Å². The highest BCUT2D eigenvalue weighted by Gasteiger charge is 2.47. The van der Waals surface area contributed by atoms with E-state index in [1.54, 1.807) is 12.1 Å². The molecule has 0 saturated carbocycles. The molecule has 0 spiro atoms. The minimum absolute atomic E-state index is 0.146. The number of halogens is 4. The molecule has 1 heterocycles. The van der Waals surface area contributed by atoms with Crippen LogP contribution in [0.3, 0.4) is 0 Å². The minimum Gasteiger partial charge on any atom is -0.442 e. The molecule has 1 aromatic heterocycles. The fourth-order valence-electron chi connectivity index (χ4n) is 2.25. The predicted molar refractivity (Wildman–Crippen MR) is 79.0 cm³/mol. The van der Waals surface area contributed by atoms with E-state index in [0.29, 0.717) is 0 Å². The number of carbonyl (C=O) groups excluding carboxylic acids is 1. The van der Waals surface area contributed by atoms with Crippen molar-refractivity contribution >= 4 is 17.1 Å². The maximum absolute atomic E-state index is 13.3. The largest absolute Gasteiger partial charge is 0.442 e. The van der Waals surface area contributed by atoms with E-state index >= 15 is 0 Å². The molecule has 8 heteroatoms. The van der Waals surface area contributed by atoms with Gasteiger partial charge in [0, 0.05) is 0 Å². The second kappa shape index (κ2) is 6.54. The monoisotopic (exact) mass is 353 g/mol. The van der Waals surface area contributed by atoms with Gasteiger partial charge in [0.2, 0.25) is 5.89 Å². The Morgan fingerprint density at radius 1 is 1.16 bits per heavy atom. The van der Waals surface area contributed by atoms with Gasteiger partial charge in [-0.1, -0.05) is 24.3 Å². The number of benzene rings is 2. The van der Waals surface area contributed by atoms with Crippen LogP contribution in [0.15, 0.2) is 52.9 Å². The van der Waals surface area contributed by atoms with E-state index in [1.807, 2.05) is 0 Å². The van der Waals surface area contributed by atoms with Crippen molar-refractivity contribution in [3.8, 4) is 0 Å². The summed E-state index contributed by atoms with van der Waals surface area (Å²) in [5.41, 5.74) is 0.560. The third-order valence-electron chi connectivity index (χ3n) is 3.32. The number of nitrogens with zero attached hydrogens (tertiary/aromatic N) is 1. The van der Waals surface area contributed by atoms with Gasteiger partial charge in [0.25, 0.3) is 6.10 Å². The highest BCUT2D eigenvalue weighted by molar-refractivity contribution is 5.74. The molecular formula is C17H11F4NO3. The first-order chi connectivity index (χ1) is 11.8. The summed E-state index contributed by atoms with van der Waals surface area (Å²) in [5, 5.41) is 0. The number of fused-ring (bicyclic) bond motifs is 1. The number of ether oxygens (including phenoxy) is 1. The van der Waals surface area contributed by atoms with Crippen LogP contribution in [0.1, 0.15) is 17.6 Å². The van der Waals surface area contributed by atoms with Crippen LogP contribution in [0.2, 0.25) is 0 Å². The Kier molecular flexibility index (Phi) is 4.43. The maximum atomic E-state index is 13.3. The van der Waals surface area contributed by atoms with Crippen molar-refractivity contribution in [2.75, 3.05) is 0 Å². The minimum atomic E-state index is -4.90. The fraction of sp³-hybridized carbons (Fsp3) is 0.176. The quantitative estimate of drug-likeness (QED) is 0.517. The van der Waals surface area contributed by atoms with Crippen molar-refractivity contribution in [2.24, 2.45) is 0 Å². The summed E-state index contributed by atoms with van der Waals surface area (Å²) in [7, 11) is 0. The molecule has 0 aliphatic rings. The molecule has 0 amide bonds. The van der Waals surface area contributed by atoms with Crippen molar-refractivity contribution in [2.45, 2.75) is 18.7 Å². The Bertz CT molecular complexity index is 871. The lowest BCUT2D eigenvalue weighted by molar-refractivity contribution is -0.228. The summed E-state index contributed by atoms with van der Waals surface area (Å²) in [4.78, 5) is 15.6. The Balaban J connectivity index is 1.82. The molecule has 0 bridgehead atoms. The Hall–Kier alpha value is -2.90. The summed E-state index contributed by atoms with van der Waals surface area (Å²) in [6.45, 7) is 0. The summed E-state index contributed by atoms with van der Waals surface area (Å²) in [6, 6.07) is 11.1. The van der Waals surface area contributed by atoms with E-state index in [2.05, 4.69) is 9.72 Å². The van der Waals surface area contributed by atoms with E-state index in [9.17, 15) is 22.4 Å². The summed E-state index contributed by atoms with van der Waals surface area (Å²) in [5.74, 6) is -2.53. The van der Waals surface area contributed by atoms with Crippen LogP contribution in [0, 0.1) is 5.82 Å². The van der Waals surface area contributed by atoms with Crippen LogP contribution < -0.4 is 0 Å². The van der Waals surface area contributed by atoms with Gasteiger partial charge in [-0.2, -0.15) is 13.2 Å². The number of rotatable bonds is 4. The standard InChI is InChI=1S/C17H11F4NO3/c18-11-5-3-4-10(8-11)9-14(23)25-15(17(19,20)21)16-22-12-6-1-2-7-13(12)24-16/h1-8,15H,9H2/t15-/m1/s1. The van der Waals surface area contributed by atoms with Gasteiger partial charge < -0.3 is 9.15 Å². The molecule has 25 heavy (non-hydrogen) atoms. The maximum Gasteiger partial charge on any atom is 0.434 e. The lowest BCUT2D eigenvalue weighted by Crippen LogP contribution is -2.27. The van der Waals surface area contributed by atoms with Gasteiger partial charge in [-0.05, 0) is 29.8 Å². The molecule has 0 unspecified atom stereocenters. The van der Waals surface area contributed by atoms with E-state index < -0.39 is 36.4 Å². The van der Waals surface area contributed by atoms with Gasteiger partial charge >= 0.3 is 12.1 Å². The zero-order chi connectivity index (χ0) is 18.0. The number of aromatic nitrogens is 1. The molecule has 3 rings (SSSR count). The van der Waals surface area contributed by atoms with Gasteiger partial charge in [0.1, 0.15) is 11.3 Å². The van der Waals surface area contributed by atoms with E-state index in [1.165, 1.54) is 24.3 Å². The molecule has 0 saturated heterocycles. The first-order valence-corrected chi connectivity index (χ1v) is 7.19. The lowest BCUT2D eigenvalue weighted by Gasteiger charge is -2.17. The Morgan fingerprint density at radius 2 is 1.92 bits per heavy atom. The summed E-state index contributed by atoms with van der Waals surface area (Å²) in [6.07, 6.45) is -8.05. The zero-order valence-corrected chi connectivity index (χ0v) is 12.6. The van der Waals surface area contributed by atoms with Gasteiger partial charge in [0.15, 0.2) is 5.58 Å². The van der Waals surface area contributed by atoms with Gasteiger partial charge in [-0.3, -0.25) is 4.79 Å². The first kappa shape index (κ1) is 16.9. The first-order valence-electron chi connectivity index (χ1n) is 7.19. The van der Waals surface area contributed by atoms with Crippen molar-refractivity contribution in [1.82, 2.24) is 4.98 Å². The predicted octanol–water partition coefficient (Wildman–Crippen LogP) is 4.36. The van der Waals surface area contributed by atoms with E-state index in [-0.39, 0.29) is 16.7 Å². The smallest absolute Gasteiger partial charge is 0.434 e. The van der Waals surface area contributed by atoms with Gasteiger partial charge in [0.05, 0.1) is 6.42 Å². The molecule has 0 aliphatic carbocycles. The van der Waals surface area contributed by atoms with Crippen molar-refractivity contribution in [1.29, 1.82) is 0 Å². The molecule has 130 valence electrons. The number of hydrogen-bond acceptors (Lipinski definition) is 4. The van der Waals surface area contributed by atoms with E-state index in [0.717, 1.165) is 12.1 Å². The Morgan fingerprint density at radius 3 is 2.60 bits per heavy atom. The number of hydrogen-bond donors (Lipinski definition) is 0. The highest BCUT2D eigenvalue weighted by Crippen LogP contribution is 2.37. The van der Waals surface area contributed by atoms with Crippen molar-refractivity contribution < 1.29 is 31.5 Å². The fourth-order valence-corrected chi connectivity index (χ4v) is 2.25. The molecule has 4 nitrogen and oxygen atoms in total. The zero-order valence-electron chi connectivity index (χ0n) is 12.6. The number of para-hydroxylation sites is 2. The second-order valence-corrected chi connectivity index (χ2v) is 5.24. The normalized spacial score (nSPS) is 13.0. The second-order valence-electron chi connectivity index (χ2n) is 5.24. The average Bonchev–Trinajstić information content (AvgIpc) is 2.95. The third-order valence-corrected chi connectivity index (χ3v) is 3.32. The number of esters is 1. The summed E-state index contributed by atoms with van der Waals surface area (Å²) < 4.78 is 62.5. The van der Waals surface area contributed by atoms with Gasteiger partial charge in [-0.25, -0.2) is 9.37 Å². The van der Waals surface area contributed by atoms with Crippen LogP contribution in [-0.4, -0.2) is 17.1 Å². The Labute approximate surface area is 139 Å². The molecule has 0 radical (unpaired) electrons. The molecule has 0 N–H and O–H groups in total. The summed E-state index contributed by atoms with van der Waals surface area (Å²) >= 11 is 0. The third kappa shape index (κ3) is 3.96.